The van der Waals surface area contributed by atoms with Crippen molar-refractivity contribution in [3.63, 3.8) is 0 Å². The van der Waals surface area contributed by atoms with Crippen LogP contribution in [0, 0.1) is 5.82 Å². The molecule has 0 bridgehead atoms. The maximum atomic E-state index is 13.3. The summed E-state index contributed by atoms with van der Waals surface area (Å²) in [5.41, 5.74) is 0.408. The van der Waals surface area contributed by atoms with Crippen molar-refractivity contribution in [1.82, 2.24) is 19.2 Å². The molecule has 0 N–H and O–H groups in total. The summed E-state index contributed by atoms with van der Waals surface area (Å²) < 4.78 is 16.3. The van der Waals surface area contributed by atoms with Crippen molar-refractivity contribution in [3.8, 4) is 5.69 Å². The van der Waals surface area contributed by atoms with E-state index >= 15 is 0 Å². The summed E-state index contributed by atoms with van der Waals surface area (Å²) >= 11 is 0. The second-order valence-corrected chi connectivity index (χ2v) is 4.51. The van der Waals surface area contributed by atoms with Crippen molar-refractivity contribution < 1.29 is 4.39 Å². The molecule has 20 heavy (non-hydrogen) atoms. The largest absolute Gasteiger partial charge is 0.300 e. The molecule has 0 atom stereocenters. The van der Waals surface area contributed by atoms with Gasteiger partial charge in [-0.3, -0.25) is 13.8 Å². The molecule has 0 aliphatic rings. The lowest BCUT2D eigenvalue weighted by atomic mass is 10.3. The third-order valence-corrected chi connectivity index (χ3v) is 3.10. The predicted octanol–water partition coefficient (Wildman–Crippen LogP) is 1.97. The number of aromatic nitrogens is 4. The van der Waals surface area contributed by atoms with E-state index in [-0.39, 0.29) is 17.0 Å². The van der Waals surface area contributed by atoms with Gasteiger partial charge in [0.2, 0.25) is 5.65 Å². The third kappa shape index (κ3) is 1.99. The second-order valence-electron chi connectivity index (χ2n) is 4.51. The number of rotatable bonds is 3. The highest BCUT2D eigenvalue weighted by Gasteiger charge is 2.11. The van der Waals surface area contributed by atoms with Gasteiger partial charge < -0.3 is 0 Å². The van der Waals surface area contributed by atoms with Crippen molar-refractivity contribution in [2.75, 3.05) is 0 Å². The first-order valence-electron chi connectivity index (χ1n) is 6.42. The highest BCUT2D eigenvalue weighted by Crippen LogP contribution is 2.09. The molecule has 0 amide bonds. The summed E-state index contributed by atoms with van der Waals surface area (Å²) in [5.74, 6) is 0.369. The van der Waals surface area contributed by atoms with E-state index in [0.717, 1.165) is 18.7 Å². The summed E-state index contributed by atoms with van der Waals surface area (Å²) in [6.45, 7) is 2.04. The number of hydrogen-bond donors (Lipinski definition) is 0. The van der Waals surface area contributed by atoms with Crippen LogP contribution in [0.1, 0.15) is 19.2 Å². The number of nitrogens with zero attached hydrogens (tertiary/aromatic N) is 4. The summed E-state index contributed by atoms with van der Waals surface area (Å²) in [6, 6.07) is 5.88. The van der Waals surface area contributed by atoms with E-state index in [2.05, 4.69) is 10.2 Å². The second kappa shape index (κ2) is 4.88. The molecule has 0 radical (unpaired) electrons. The van der Waals surface area contributed by atoms with Crippen molar-refractivity contribution >= 4 is 5.65 Å². The highest BCUT2D eigenvalue weighted by atomic mass is 19.1. The van der Waals surface area contributed by atoms with Crippen LogP contribution in [0.25, 0.3) is 11.3 Å². The Bertz CT molecular complexity index is 821. The predicted molar refractivity (Wildman–Crippen MR) is 72.5 cm³/mol. The third-order valence-electron chi connectivity index (χ3n) is 3.10. The molecule has 0 aliphatic heterocycles. The summed E-state index contributed by atoms with van der Waals surface area (Å²) in [6.07, 6.45) is 5.01. The first kappa shape index (κ1) is 12.5. The average Bonchev–Trinajstić information content (AvgIpc) is 2.84. The fourth-order valence-corrected chi connectivity index (χ4v) is 2.16. The Morgan fingerprint density at radius 1 is 1.25 bits per heavy atom. The van der Waals surface area contributed by atoms with Crippen molar-refractivity contribution in [1.29, 1.82) is 0 Å². The van der Waals surface area contributed by atoms with Gasteiger partial charge in [-0.15, -0.1) is 10.2 Å². The molecule has 0 saturated heterocycles. The van der Waals surface area contributed by atoms with Crippen LogP contribution >= 0.6 is 0 Å². The van der Waals surface area contributed by atoms with Gasteiger partial charge in [0.25, 0.3) is 0 Å². The lowest BCUT2D eigenvalue weighted by molar-refractivity contribution is 0.626. The molecule has 2 heterocycles. The maximum absolute atomic E-state index is 13.3. The standard InChI is InChI=1S/C14H13FN4O/c1-2-4-12-16-17-13-14(20)18(7-8-19(12)13)11-6-3-5-10(15)9-11/h3,5-9H,2,4H2,1H3. The Kier molecular flexibility index (Phi) is 3.06. The quantitative estimate of drug-likeness (QED) is 0.732. The molecule has 102 valence electrons. The first-order chi connectivity index (χ1) is 9.70. The Morgan fingerprint density at radius 3 is 2.85 bits per heavy atom. The molecular weight excluding hydrogens is 259 g/mol. The summed E-state index contributed by atoms with van der Waals surface area (Å²) in [4.78, 5) is 12.4. The Labute approximate surface area is 114 Å². The summed E-state index contributed by atoms with van der Waals surface area (Å²) in [5, 5.41) is 7.96. The topological polar surface area (TPSA) is 52.2 Å². The van der Waals surface area contributed by atoms with Crippen LogP contribution in [0.15, 0.2) is 41.5 Å². The lowest BCUT2D eigenvalue weighted by Gasteiger charge is -2.06. The fraction of sp³-hybridized carbons (Fsp3) is 0.214. The van der Waals surface area contributed by atoms with Crippen LogP contribution in [-0.2, 0) is 6.42 Å². The first-order valence-corrected chi connectivity index (χ1v) is 6.42. The van der Waals surface area contributed by atoms with E-state index < -0.39 is 0 Å². The number of fused-ring (bicyclic) bond motifs is 1. The van der Waals surface area contributed by atoms with Gasteiger partial charge in [-0.25, -0.2) is 4.39 Å². The smallest absolute Gasteiger partial charge is 0.280 e. The van der Waals surface area contributed by atoms with Gasteiger partial charge in [-0.05, 0) is 24.6 Å². The minimum atomic E-state index is -0.387. The molecule has 2 aromatic heterocycles. The van der Waals surface area contributed by atoms with Crippen molar-refractivity contribution in [2.45, 2.75) is 19.8 Å². The van der Waals surface area contributed by atoms with Gasteiger partial charge in [0.05, 0.1) is 5.69 Å². The zero-order valence-corrected chi connectivity index (χ0v) is 11.0. The Morgan fingerprint density at radius 2 is 2.10 bits per heavy atom. The van der Waals surface area contributed by atoms with E-state index in [4.69, 9.17) is 0 Å². The van der Waals surface area contributed by atoms with E-state index in [1.54, 1.807) is 28.9 Å². The van der Waals surface area contributed by atoms with Crippen LogP contribution in [0.3, 0.4) is 0 Å². The monoisotopic (exact) mass is 272 g/mol. The molecule has 1 aromatic carbocycles. The van der Waals surface area contributed by atoms with Gasteiger partial charge in [0.1, 0.15) is 11.6 Å². The number of halogens is 1. The fourth-order valence-electron chi connectivity index (χ4n) is 2.16. The number of aryl methyl sites for hydroxylation is 1. The average molecular weight is 272 g/mol. The minimum Gasteiger partial charge on any atom is -0.280 e. The maximum Gasteiger partial charge on any atom is 0.300 e. The molecular formula is C14H13FN4O. The SMILES string of the molecule is CCCc1nnc2c(=O)n(-c3cccc(F)c3)ccn12. The van der Waals surface area contributed by atoms with Gasteiger partial charge in [-0.2, -0.15) is 0 Å². The van der Waals surface area contributed by atoms with Gasteiger partial charge >= 0.3 is 5.56 Å². The summed E-state index contributed by atoms with van der Waals surface area (Å²) in [7, 11) is 0. The Hall–Kier alpha value is -2.50. The molecule has 0 spiro atoms. The van der Waals surface area contributed by atoms with E-state index in [9.17, 15) is 9.18 Å². The molecule has 0 fully saturated rings. The van der Waals surface area contributed by atoms with Crippen molar-refractivity contribution in [3.05, 3.63) is 58.7 Å². The lowest BCUT2D eigenvalue weighted by Crippen LogP contribution is -2.20. The Balaban J connectivity index is 2.20. The van der Waals surface area contributed by atoms with E-state index in [0.29, 0.717) is 5.69 Å². The van der Waals surface area contributed by atoms with E-state index in [1.807, 2.05) is 6.92 Å². The van der Waals surface area contributed by atoms with Gasteiger partial charge in [0.15, 0.2) is 0 Å². The number of benzene rings is 1. The molecule has 0 saturated carbocycles. The highest BCUT2D eigenvalue weighted by molar-refractivity contribution is 5.40. The van der Waals surface area contributed by atoms with Gasteiger partial charge in [-0.1, -0.05) is 13.0 Å². The van der Waals surface area contributed by atoms with Crippen LogP contribution in [0.2, 0.25) is 0 Å². The van der Waals surface area contributed by atoms with Crippen LogP contribution in [0.4, 0.5) is 4.39 Å². The van der Waals surface area contributed by atoms with E-state index in [1.165, 1.54) is 16.7 Å². The minimum absolute atomic E-state index is 0.250. The molecule has 0 unspecified atom stereocenters. The molecule has 3 aromatic rings. The zero-order valence-electron chi connectivity index (χ0n) is 11.0. The van der Waals surface area contributed by atoms with Crippen LogP contribution < -0.4 is 5.56 Å². The molecule has 6 heteroatoms. The molecule has 5 nitrogen and oxygen atoms in total. The normalized spacial score (nSPS) is 11.1. The van der Waals surface area contributed by atoms with Crippen LogP contribution in [-0.4, -0.2) is 19.2 Å². The van der Waals surface area contributed by atoms with Crippen molar-refractivity contribution in [2.24, 2.45) is 0 Å². The van der Waals surface area contributed by atoms with Gasteiger partial charge in [0, 0.05) is 18.8 Å². The zero-order chi connectivity index (χ0) is 14.1. The van der Waals surface area contributed by atoms with Crippen LogP contribution in [0.5, 0.6) is 0 Å². The molecule has 0 aliphatic carbocycles. The molecule has 3 rings (SSSR count). The number of hydrogen-bond acceptors (Lipinski definition) is 3.